The molecular formula is C23H39N3O2. The van der Waals surface area contributed by atoms with E-state index in [1.54, 1.807) is 6.92 Å². The van der Waals surface area contributed by atoms with Crippen molar-refractivity contribution in [3.05, 3.63) is 22.5 Å². The first-order valence-corrected chi connectivity index (χ1v) is 10.7. The Morgan fingerprint density at radius 3 is 2.14 bits per heavy atom. The van der Waals surface area contributed by atoms with Gasteiger partial charge < -0.3 is 15.2 Å². The van der Waals surface area contributed by atoms with Gasteiger partial charge >= 0.3 is 0 Å². The molecular weight excluding hydrogens is 350 g/mol. The largest absolute Gasteiger partial charge is 0.354 e. The fraction of sp³-hybridized carbons (Fsp3) is 0.739. The predicted octanol–water partition coefficient (Wildman–Crippen LogP) is 4.64. The Hall–Kier alpha value is -1.62. The fourth-order valence-electron chi connectivity index (χ4n) is 5.10. The Kier molecular flexibility index (Phi) is 6.80. The molecule has 1 fully saturated rings. The molecule has 1 aromatic rings. The van der Waals surface area contributed by atoms with Crippen molar-refractivity contribution in [1.82, 2.24) is 15.2 Å². The van der Waals surface area contributed by atoms with Crippen molar-refractivity contribution in [1.29, 1.82) is 0 Å². The molecule has 1 aliphatic heterocycles. The lowest BCUT2D eigenvalue weighted by molar-refractivity contribution is 0.0436. The van der Waals surface area contributed by atoms with Gasteiger partial charge in [-0.1, -0.05) is 20.3 Å². The molecule has 0 aliphatic carbocycles. The summed E-state index contributed by atoms with van der Waals surface area (Å²) in [6.45, 7) is 17.3. The summed E-state index contributed by atoms with van der Waals surface area (Å²) < 4.78 is 0. The summed E-state index contributed by atoms with van der Waals surface area (Å²) in [5, 5.41) is 3.71. The minimum Gasteiger partial charge on any atom is -0.354 e. The molecule has 0 spiro atoms. The second kappa shape index (κ2) is 8.40. The Labute approximate surface area is 170 Å². The monoisotopic (exact) mass is 389 g/mol. The topological polar surface area (TPSA) is 65.2 Å². The summed E-state index contributed by atoms with van der Waals surface area (Å²) >= 11 is 0. The summed E-state index contributed by atoms with van der Waals surface area (Å²) in [5.74, 6) is 0.0632. The zero-order valence-corrected chi connectivity index (χ0v) is 19.1. The molecule has 2 heterocycles. The average Bonchev–Trinajstić information content (AvgIpc) is 2.88. The maximum Gasteiger partial charge on any atom is 0.270 e. The smallest absolute Gasteiger partial charge is 0.270 e. The Balaban J connectivity index is 2.45. The number of aryl methyl sites for hydroxylation is 1. The first kappa shape index (κ1) is 22.7. The van der Waals surface area contributed by atoms with Crippen molar-refractivity contribution in [2.24, 2.45) is 0 Å². The fourth-order valence-corrected chi connectivity index (χ4v) is 5.10. The van der Waals surface area contributed by atoms with Crippen LogP contribution in [0.3, 0.4) is 0 Å². The highest BCUT2D eigenvalue weighted by Gasteiger charge is 2.41. The summed E-state index contributed by atoms with van der Waals surface area (Å²) in [7, 11) is 0. The highest BCUT2D eigenvalue weighted by Crippen LogP contribution is 2.33. The van der Waals surface area contributed by atoms with Crippen molar-refractivity contribution >= 4 is 11.7 Å². The minimum absolute atomic E-state index is 0.0221. The summed E-state index contributed by atoms with van der Waals surface area (Å²) in [4.78, 5) is 31.2. The highest BCUT2D eigenvalue weighted by molar-refractivity contribution is 6.02. The minimum atomic E-state index is -0.0268. The molecule has 158 valence electrons. The third-order valence-corrected chi connectivity index (χ3v) is 5.83. The van der Waals surface area contributed by atoms with E-state index in [-0.39, 0.29) is 28.8 Å². The van der Waals surface area contributed by atoms with Crippen molar-refractivity contribution in [2.45, 2.75) is 105 Å². The molecule has 2 rings (SSSR count). The number of Topliss-reactive ketones (excluding diaryl/α,β-unsaturated/α-hetero) is 1. The van der Waals surface area contributed by atoms with Gasteiger partial charge in [-0.15, -0.1) is 0 Å². The number of carbonyl (C=O) groups excluding carboxylic acids is 2. The molecule has 28 heavy (non-hydrogen) atoms. The quantitative estimate of drug-likeness (QED) is 0.668. The van der Waals surface area contributed by atoms with E-state index >= 15 is 0 Å². The lowest BCUT2D eigenvalue weighted by atomic mass is 9.79. The standard InChI is InChI=1S/C23H39N3O2/c1-9-11-12-26(17-13-22(5,6)25-23(7,8)14-17)21(28)20-18(10-2)19(16(4)27)15(3)24-20/h17,24-25H,9-14H2,1-8H3. The van der Waals surface area contributed by atoms with Crippen LogP contribution in [-0.2, 0) is 6.42 Å². The van der Waals surface area contributed by atoms with Gasteiger partial charge in [0.05, 0.1) is 0 Å². The van der Waals surface area contributed by atoms with Gasteiger partial charge in [0.15, 0.2) is 5.78 Å². The molecule has 0 saturated carbocycles. The van der Waals surface area contributed by atoms with Crippen LogP contribution in [0.15, 0.2) is 0 Å². The van der Waals surface area contributed by atoms with Gasteiger partial charge in [0.25, 0.3) is 5.91 Å². The number of nitrogens with zero attached hydrogens (tertiary/aromatic N) is 1. The van der Waals surface area contributed by atoms with E-state index < -0.39 is 0 Å². The molecule has 0 atom stereocenters. The van der Waals surface area contributed by atoms with E-state index in [0.29, 0.717) is 17.7 Å². The van der Waals surface area contributed by atoms with Gasteiger partial charge in [0.2, 0.25) is 0 Å². The molecule has 1 saturated heterocycles. The number of aromatic amines is 1. The Morgan fingerprint density at radius 1 is 1.11 bits per heavy atom. The zero-order chi connectivity index (χ0) is 21.3. The molecule has 5 heteroatoms. The first-order chi connectivity index (χ1) is 12.9. The van der Waals surface area contributed by atoms with Gasteiger partial charge in [-0.2, -0.15) is 0 Å². The number of hydrogen-bond donors (Lipinski definition) is 2. The van der Waals surface area contributed by atoms with Crippen LogP contribution in [-0.4, -0.2) is 45.2 Å². The normalized spacial score (nSPS) is 18.9. The predicted molar refractivity (Wildman–Crippen MR) is 115 cm³/mol. The lowest BCUT2D eigenvalue weighted by Crippen LogP contribution is -2.63. The number of rotatable bonds is 7. The maximum absolute atomic E-state index is 13.7. The number of amides is 1. The van der Waals surface area contributed by atoms with Crippen molar-refractivity contribution < 1.29 is 9.59 Å². The van der Waals surface area contributed by atoms with Crippen LogP contribution in [0.4, 0.5) is 0 Å². The summed E-state index contributed by atoms with van der Waals surface area (Å²) in [6.07, 6.45) is 4.55. The molecule has 1 aromatic heterocycles. The van der Waals surface area contributed by atoms with Crippen molar-refractivity contribution in [3.8, 4) is 0 Å². The van der Waals surface area contributed by atoms with Crippen LogP contribution in [0.2, 0.25) is 0 Å². The van der Waals surface area contributed by atoms with Gasteiger partial charge in [0, 0.05) is 34.9 Å². The molecule has 0 aromatic carbocycles. The van der Waals surface area contributed by atoms with Crippen LogP contribution in [0.1, 0.15) is 106 Å². The molecule has 0 radical (unpaired) electrons. The van der Waals surface area contributed by atoms with Crippen LogP contribution in [0, 0.1) is 6.92 Å². The number of unbranched alkanes of at least 4 members (excludes halogenated alkanes) is 1. The number of nitrogens with one attached hydrogen (secondary N) is 2. The van der Waals surface area contributed by atoms with Crippen molar-refractivity contribution in [3.63, 3.8) is 0 Å². The Morgan fingerprint density at radius 2 is 1.68 bits per heavy atom. The lowest BCUT2D eigenvalue weighted by Gasteiger charge is -2.49. The molecule has 1 aliphatic rings. The van der Waals surface area contributed by atoms with E-state index in [9.17, 15) is 9.59 Å². The van der Waals surface area contributed by atoms with Crippen molar-refractivity contribution in [2.75, 3.05) is 6.54 Å². The van der Waals surface area contributed by atoms with E-state index in [0.717, 1.165) is 43.5 Å². The molecule has 0 unspecified atom stereocenters. The number of carbonyl (C=O) groups is 2. The second-order valence-corrected chi connectivity index (χ2v) is 9.70. The number of hydrogen-bond acceptors (Lipinski definition) is 3. The van der Waals surface area contributed by atoms with Gasteiger partial charge in [-0.05, 0) is 72.8 Å². The molecule has 0 bridgehead atoms. The van der Waals surface area contributed by atoms with E-state index in [1.165, 1.54) is 0 Å². The first-order valence-electron chi connectivity index (χ1n) is 10.7. The van der Waals surface area contributed by atoms with Crippen LogP contribution < -0.4 is 5.32 Å². The van der Waals surface area contributed by atoms with Crippen LogP contribution in [0.25, 0.3) is 0 Å². The van der Waals surface area contributed by atoms with Crippen LogP contribution >= 0.6 is 0 Å². The third-order valence-electron chi connectivity index (χ3n) is 5.83. The van der Waals surface area contributed by atoms with Gasteiger partial charge in [-0.3, -0.25) is 9.59 Å². The van der Waals surface area contributed by atoms with E-state index in [1.807, 2.05) is 13.8 Å². The Bertz CT molecular complexity index is 714. The van der Waals surface area contributed by atoms with Gasteiger partial charge in [-0.25, -0.2) is 0 Å². The number of H-pyrrole nitrogens is 1. The highest BCUT2D eigenvalue weighted by atomic mass is 16.2. The zero-order valence-electron chi connectivity index (χ0n) is 19.1. The van der Waals surface area contributed by atoms with E-state index in [4.69, 9.17) is 0 Å². The molecule has 1 amide bonds. The number of piperidine rings is 1. The number of aromatic nitrogens is 1. The van der Waals surface area contributed by atoms with E-state index in [2.05, 4.69) is 49.8 Å². The van der Waals surface area contributed by atoms with Gasteiger partial charge in [0.1, 0.15) is 5.69 Å². The maximum atomic E-state index is 13.7. The third kappa shape index (κ3) is 4.86. The molecule has 2 N–H and O–H groups in total. The SMILES string of the molecule is CCCCN(C(=O)c1[nH]c(C)c(C(C)=O)c1CC)C1CC(C)(C)NC(C)(C)C1. The summed E-state index contributed by atoms with van der Waals surface area (Å²) in [5.41, 5.74) is 2.91. The second-order valence-electron chi connectivity index (χ2n) is 9.70. The summed E-state index contributed by atoms with van der Waals surface area (Å²) in [6, 6.07) is 0.180. The number of ketones is 1. The molecule has 5 nitrogen and oxygen atoms in total. The average molecular weight is 390 g/mol. The van der Waals surface area contributed by atoms with Crippen LogP contribution in [0.5, 0.6) is 0 Å².